The van der Waals surface area contributed by atoms with Crippen LogP contribution in [-0.2, 0) is 9.31 Å². The van der Waals surface area contributed by atoms with Gasteiger partial charge in [0.05, 0.1) is 22.4 Å². The summed E-state index contributed by atoms with van der Waals surface area (Å²) >= 11 is 0. The molecule has 8 rings (SSSR count). The number of nitrogens with zero attached hydrogens (tertiary/aromatic N) is 2. The number of allylic oxidation sites excluding steroid dienone is 4. The Morgan fingerprint density at radius 1 is 0.622 bits per heavy atom. The van der Waals surface area contributed by atoms with E-state index in [9.17, 15) is 0 Å². The third-order valence-electron chi connectivity index (χ3n) is 9.71. The molecule has 1 aliphatic carbocycles. The monoisotopic (exact) mass is 586 g/mol. The summed E-state index contributed by atoms with van der Waals surface area (Å²) in [4.78, 5) is 10.2. The molecule has 0 spiro atoms. The first-order chi connectivity index (χ1) is 21.8. The zero-order chi connectivity index (χ0) is 30.8. The fourth-order valence-electron chi connectivity index (χ4n) is 6.45. The molecule has 0 atom stereocenters. The van der Waals surface area contributed by atoms with E-state index in [1.807, 2.05) is 6.07 Å². The molecule has 1 fully saturated rings. The van der Waals surface area contributed by atoms with Gasteiger partial charge in [-0.25, -0.2) is 9.97 Å². The zero-order valence-corrected chi connectivity index (χ0v) is 26.2. The number of hydrogen-bond donors (Lipinski definition) is 0. The van der Waals surface area contributed by atoms with Crippen molar-refractivity contribution in [1.29, 1.82) is 0 Å². The average Bonchev–Trinajstić information content (AvgIpc) is 3.30. The van der Waals surface area contributed by atoms with Crippen molar-refractivity contribution in [3.63, 3.8) is 0 Å². The Morgan fingerprint density at radius 2 is 1.36 bits per heavy atom. The highest BCUT2D eigenvalue weighted by Crippen LogP contribution is 2.37. The Morgan fingerprint density at radius 3 is 2.13 bits per heavy atom. The lowest BCUT2D eigenvalue weighted by molar-refractivity contribution is 0.00578. The predicted molar refractivity (Wildman–Crippen MR) is 187 cm³/mol. The lowest BCUT2D eigenvalue weighted by atomic mass is 9.78. The number of fused-ring (bicyclic) bond motifs is 4. The Balaban J connectivity index is 1.19. The lowest BCUT2D eigenvalue weighted by Gasteiger charge is -2.32. The van der Waals surface area contributed by atoms with E-state index in [4.69, 9.17) is 19.3 Å². The standard InChI is InChI=1S/C40H35BN2O2/c1-39(2)40(3,4)45-41(44-39)32-20-22-34-29(25-32)18-17-28-24-31(19-21-33(28)34)38-42-36-16-9-8-15-35(36)37(43-38)30-14-10-13-27(23-30)26-11-6-5-7-12-26/h6,8-25H,5,7H2,1-4H3. The third-order valence-corrected chi connectivity index (χ3v) is 9.71. The number of rotatable bonds is 4. The fraction of sp³-hybridized carbons (Fsp3) is 0.200. The maximum absolute atomic E-state index is 6.32. The fourth-order valence-corrected chi connectivity index (χ4v) is 6.45. The van der Waals surface area contributed by atoms with Crippen molar-refractivity contribution in [2.24, 2.45) is 0 Å². The lowest BCUT2D eigenvalue weighted by Crippen LogP contribution is -2.41. The Labute approximate surface area is 264 Å². The second kappa shape index (κ2) is 10.5. The Hall–Kier alpha value is -4.58. The maximum atomic E-state index is 6.32. The molecule has 4 nitrogen and oxygen atoms in total. The van der Waals surface area contributed by atoms with Crippen LogP contribution in [0.15, 0.2) is 115 Å². The van der Waals surface area contributed by atoms with Gasteiger partial charge in [-0.05, 0) is 96.9 Å². The van der Waals surface area contributed by atoms with Gasteiger partial charge in [-0.1, -0.05) is 97.1 Å². The summed E-state index contributed by atoms with van der Waals surface area (Å²) in [5, 5.41) is 5.76. The van der Waals surface area contributed by atoms with Crippen LogP contribution in [0.2, 0.25) is 0 Å². The summed E-state index contributed by atoms with van der Waals surface area (Å²) in [5.41, 5.74) is 6.76. The summed E-state index contributed by atoms with van der Waals surface area (Å²) in [5.74, 6) is 0.726. The molecule has 6 aromatic rings. The molecule has 0 saturated carbocycles. The highest BCUT2D eigenvalue weighted by Gasteiger charge is 2.51. The topological polar surface area (TPSA) is 44.2 Å². The molecule has 1 aliphatic heterocycles. The van der Waals surface area contributed by atoms with Crippen LogP contribution in [-0.4, -0.2) is 28.3 Å². The summed E-state index contributed by atoms with van der Waals surface area (Å²) in [6, 6.07) is 34.4. The molecule has 1 aromatic heterocycles. The van der Waals surface area contributed by atoms with Crippen molar-refractivity contribution in [3.8, 4) is 22.6 Å². The number of para-hydroxylation sites is 1. The molecule has 5 heteroatoms. The molecule has 220 valence electrons. The van der Waals surface area contributed by atoms with Crippen LogP contribution in [0.25, 0.3) is 60.7 Å². The van der Waals surface area contributed by atoms with Crippen LogP contribution in [0.5, 0.6) is 0 Å². The smallest absolute Gasteiger partial charge is 0.399 e. The third kappa shape index (κ3) is 4.88. The average molecular weight is 587 g/mol. The van der Waals surface area contributed by atoms with E-state index in [1.165, 1.54) is 21.9 Å². The molecule has 2 heterocycles. The minimum Gasteiger partial charge on any atom is -0.399 e. The molecule has 0 N–H and O–H groups in total. The summed E-state index contributed by atoms with van der Waals surface area (Å²) in [6.07, 6.45) is 8.98. The van der Waals surface area contributed by atoms with Crippen molar-refractivity contribution in [2.45, 2.75) is 51.7 Å². The maximum Gasteiger partial charge on any atom is 0.494 e. The second-order valence-corrected chi connectivity index (χ2v) is 13.2. The van der Waals surface area contributed by atoms with Gasteiger partial charge in [0.2, 0.25) is 0 Å². The SMILES string of the molecule is CC1(C)OB(c2ccc3c(ccc4cc(-c5nc(-c6cccc(C7=CCCC=C7)c6)c6ccccc6n5)ccc43)c2)OC1(C)C. The van der Waals surface area contributed by atoms with Gasteiger partial charge in [0.25, 0.3) is 0 Å². The minimum absolute atomic E-state index is 0.371. The second-order valence-electron chi connectivity index (χ2n) is 13.2. The highest BCUT2D eigenvalue weighted by molar-refractivity contribution is 6.62. The number of aromatic nitrogens is 2. The van der Waals surface area contributed by atoms with E-state index >= 15 is 0 Å². The van der Waals surface area contributed by atoms with E-state index in [2.05, 4.69) is 137 Å². The van der Waals surface area contributed by atoms with Gasteiger partial charge in [-0.2, -0.15) is 0 Å². The van der Waals surface area contributed by atoms with Crippen molar-refractivity contribution < 1.29 is 9.31 Å². The predicted octanol–water partition coefficient (Wildman–Crippen LogP) is 9.30. The van der Waals surface area contributed by atoms with Crippen LogP contribution < -0.4 is 5.46 Å². The summed E-state index contributed by atoms with van der Waals surface area (Å²) in [7, 11) is -0.381. The van der Waals surface area contributed by atoms with Gasteiger partial charge >= 0.3 is 7.12 Å². The molecule has 5 aromatic carbocycles. The van der Waals surface area contributed by atoms with Crippen LogP contribution in [0, 0.1) is 0 Å². The quantitative estimate of drug-likeness (QED) is 0.153. The van der Waals surface area contributed by atoms with Crippen molar-refractivity contribution in [1.82, 2.24) is 9.97 Å². The van der Waals surface area contributed by atoms with E-state index in [0.29, 0.717) is 0 Å². The summed E-state index contributed by atoms with van der Waals surface area (Å²) in [6.45, 7) is 8.35. The van der Waals surface area contributed by atoms with Crippen molar-refractivity contribution in [3.05, 3.63) is 121 Å². The van der Waals surface area contributed by atoms with E-state index in [1.54, 1.807) is 0 Å². The van der Waals surface area contributed by atoms with Gasteiger partial charge in [0.15, 0.2) is 5.82 Å². The van der Waals surface area contributed by atoms with Gasteiger partial charge in [-0.15, -0.1) is 0 Å². The Bertz CT molecular complexity index is 2180. The van der Waals surface area contributed by atoms with Crippen LogP contribution >= 0.6 is 0 Å². The summed E-state index contributed by atoms with van der Waals surface area (Å²) < 4.78 is 12.6. The van der Waals surface area contributed by atoms with Gasteiger partial charge in [0, 0.05) is 16.5 Å². The molecular formula is C40H35BN2O2. The molecular weight excluding hydrogens is 551 g/mol. The van der Waals surface area contributed by atoms with Gasteiger partial charge in [-0.3, -0.25) is 0 Å². The van der Waals surface area contributed by atoms with E-state index < -0.39 is 0 Å². The first kappa shape index (κ1) is 27.9. The normalized spacial score (nSPS) is 17.3. The largest absolute Gasteiger partial charge is 0.494 e. The molecule has 1 saturated heterocycles. The van der Waals surface area contributed by atoms with Crippen LogP contribution in [0.3, 0.4) is 0 Å². The first-order valence-corrected chi connectivity index (χ1v) is 15.8. The van der Waals surface area contributed by atoms with Crippen LogP contribution in [0.1, 0.15) is 46.1 Å². The van der Waals surface area contributed by atoms with E-state index in [-0.39, 0.29) is 18.3 Å². The number of benzene rings is 5. The van der Waals surface area contributed by atoms with Crippen molar-refractivity contribution in [2.75, 3.05) is 0 Å². The zero-order valence-electron chi connectivity index (χ0n) is 26.2. The van der Waals surface area contributed by atoms with Gasteiger partial charge in [0.1, 0.15) is 0 Å². The first-order valence-electron chi connectivity index (χ1n) is 15.8. The molecule has 0 unspecified atom stereocenters. The van der Waals surface area contributed by atoms with Gasteiger partial charge < -0.3 is 9.31 Å². The van der Waals surface area contributed by atoms with Crippen molar-refractivity contribution >= 4 is 50.6 Å². The van der Waals surface area contributed by atoms with Crippen LogP contribution in [0.4, 0.5) is 0 Å². The molecule has 0 amide bonds. The van der Waals surface area contributed by atoms with E-state index in [0.717, 1.165) is 62.6 Å². The molecule has 0 bridgehead atoms. The highest BCUT2D eigenvalue weighted by atomic mass is 16.7. The number of hydrogen-bond acceptors (Lipinski definition) is 4. The minimum atomic E-state index is -0.381. The molecule has 2 aliphatic rings. The molecule has 45 heavy (non-hydrogen) atoms. The Kier molecular flexibility index (Phi) is 6.52. The molecule has 0 radical (unpaired) electrons.